The van der Waals surface area contributed by atoms with Crippen LogP contribution in [0.4, 0.5) is 8.78 Å². The molecule has 1 aliphatic heterocycles. The number of aliphatic carboxylic acids is 1. The highest BCUT2D eigenvalue weighted by Crippen LogP contribution is 2.54. The fourth-order valence-electron chi connectivity index (χ4n) is 5.87. The third-order valence-electron chi connectivity index (χ3n) is 7.37. The van der Waals surface area contributed by atoms with Gasteiger partial charge in [-0.25, -0.2) is 8.78 Å². The summed E-state index contributed by atoms with van der Waals surface area (Å²) >= 11 is 13.9. The van der Waals surface area contributed by atoms with Crippen LogP contribution < -0.4 is 5.32 Å². The molecule has 3 N–H and O–H groups in total. The lowest BCUT2D eigenvalue weighted by molar-refractivity contribution is -0.139. The summed E-state index contributed by atoms with van der Waals surface area (Å²) in [7, 11) is 0. The van der Waals surface area contributed by atoms with Crippen LogP contribution in [-0.4, -0.2) is 32.4 Å². The van der Waals surface area contributed by atoms with Crippen LogP contribution in [0.3, 0.4) is 0 Å². The van der Waals surface area contributed by atoms with E-state index in [1.807, 2.05) is 34.7 Å². The van der Waals surface area contributed by atoms with Gasteiger partial charge in [-0.1, -0.05) is 76.1 Å². The Morgan fingerprint density at radius 1 is 1.25 bits per heavy atom. The van der Waals surface area contributed by atoms with E-state index in [1.54, 1.807) is 0 Å². The molecule has 3 unspecified atom stereocenters. The number of rotatable bonds is 6. The topological polar surface area (TPSA) is 93.4 Å². The molecule has 2 aromatic carbocycles. The van der Waals surface area contributed by atoms with Gasteiger partial charge >= 0.3 is 5.97 Å². The van der Waals surface area contributed by atoms with Gasteiger partial charge in [-0.15, -0.1) is 0 Å². The Bertz CT molecular complexity index is 1240. The van der Waals surface area contributed by atoms with Gasteiger partial charge in [-0.3, -0.25) is 10.1 Å². The van der Waals surface area contributed by atoms with Gasteiger partial charge in [0.2, 0.25) is 0 Å². The number of carbonyl (C=O) groups is 1. The van der Waals surface area contributed by atoms with Crippen LogP contribution in [0.15, 0.2) is 48.6 Å². The number of benzene rings is 2. The monoisotopic (exact) mass is 646 g/mol. The predicted molar refractivity (Wildman–Crippen MR) is 141 cm³/mol. The minimum absolute atomic E-state index is 0.0926. The third kappa shape index (κ3) is 4.65. The molecule has 0 saturated carbocycles. The number of nitriles is 1. The smallest absolute Gasteiger partial charge is 0.321 e. The summed E-state index contributed by atoms with van der Waals surface area (Å²) in [5.41, 5.74) is -2.15. The fraction of sp³-hybridized carbons (Fsp3) is 0.385. The van der Waals surface area contributed by atoms with Gasteiger partial charge in [0.25, 0.3) is 0 Å². The van der Waals surface area contributed by atoms with Crippen molar-refractivity contribution in [3.8, 4) is 6.07 Å². The number of hydrogen-bond acceptors (Lipinski definition) is 4. The van der Waals surface area contributed by atoms with Crippen molar-refractivity contribution in [2.75, 3.05) is 0 Å². The lowest BCUT2D eigenvalue weighted by atomic mass is 9.60. The Morgan fingerprint density at radius 3 is 2.58 bits per heavy atom. The first-order valence-electron chi connectivity index (χ1n) is 11.4. The van der Waals surface area contributed by atoms with Gasteiger partial charge in [0.15, 0.2) is 0 Å². The normalized spacial score (nSPS) is 29.5. The van der Waals surface area contributed by atoms with E-state index in [1.165, 1.54) is 30.3 Å². The van der Waals surface area contributed by atoms with Crippen molar-refractivity contribution in [1.29, 1.82) is 5.26 Å². The average Bonchev–Trinajstić information content (AvgIpc) is 3.17. The SMILES string of the molecule is N#C[C@]1(c2ccc(Cl)cc2F)[C@H](C(C(O)I)C2CC=CCC2)N[C@@H](C(=O)O)[C@@H]1c1cccc(Cl)c1F. The molecule has 0 aromatic heterocycles. The van der Waals surface area contributed by atoms with Crippen LogP contribution in [-0.2, 0) is 10.2 Å². The molecule has 0 amide bonds. The Hall–Kier alpha value is -1.77. The van der Waals surface area contributed by atoms with Crippen molar-refractivity contribution >= 4 is 51.8 Å². The number of hydrogen-bond donors (Lipinski definition) is 3. The lowest BCUT2D eigenvalue weighted by Gasteiger charge is -2.42. The standard InChI is InChI=1S/C26H23Cl2F2IN2O3/c27-14-9-10-16(18(29)11-14)26(12-32)20(15-7-4-8-17(28)21(15)30)22(25(35)36)33-23(26)19(24(31)34)13-5-2-1-3-6-13/h1-2,4,7-11,13,19-20,22-24,33-34H,3,5-6H2,(H,35,36)/t13?,19?,20-,22+,23-,24?,26+/m0/s1. The third-order valence-corrected chi connectivity index (χ3v) is 8.73. The van der Waals surface area contributed by atoms with Gasteiger partial charge in [-0.05, 0) is 48.9 Å². The molecule has 2 aliphatic rings. The van der Waals surface area contributed by atoms with E-state index in [4.69, 9.17) is 23.2 Å². The summed E-state index contributed by atoms with van der Waals surface area (Å²) in [6.07, 6.45) is 6.05. The molecule has 1 saturated heterocycles. The summed E-state index contributed by atoms with van der Waals surface area (Å²) in [6.45, 7) is 0. The second-order valence-corrected chi connectivity index (χ2v) is 11.3. The Balaban J connectivity index is 2.04. The molecule has 2 aromatic rings. The molecule has 0 radical (unpaired) electrons. The highest BCUT2D eigenvalue weighted by Gasteiger charge is 2.64. The number of aliphatic hydroxyl groups is 1. The molecular formula is C26H23Cl2F2IN2O3. The van der Waals surface area contributed by atoms with Crippen LogP contribution in [0.5, 0.6) is 0 Å². The minimum atomic E-state index is -1.92. The predicted octanol–water partition coefficient (Wildman–Crippen LogP) is 5.97. The van der Waals surface area contributed by atoms with Gasteiger partial charge in [-0.2, -0.15) is 5.26 Å². The zero-order valence-electron chi connectivity index (χ0n) is 18.8. The number of nitrogens with zero attached hydrogens (tertiary/aromatic N) is 1. The number of halogens is 5. The quantitative estimate of drug-likeness (QED) is 0.204. The number of carboxylic acids is 1. The zero-order valence-corrected chi connectivity index (χ0v) is 22.5. The maximum atomic E-state index is 15.6. The molecule has 4 rings (SSSR count). The molecule has 1 aliphatic carbocycles. The summed E-state index contributed by atoms with van der Waals surface area (Å²) in [6, 6.07) is 7.65. The molecule has 0 bridgehead atoms. The summed E-state index contributed by atoms with van der Waals surface area (Å²) in [5, 5.41) is 34.9. The van der Waals surface area contributed by atoms with Gasteiger partial charge in [0, 0.05) is 28.5 Å². The average molecular weight is 647 g/mol. The van der Waals surface area contributed by atoms with Crippen molar-refractivity contribution in [2.45, 2.75) is 46.8 Å². The largest absolute Gasteiger partial charge is 0.480 e. The lowest BCUT2D eigenvalue weighted by Crippen LogP contribution is -2.52. The van der Waals surface area contributed by atoms with E-state index in [0.29, 0.717) is 12.8 Å². The molecule has 1 fully saturated rings. The Kier molecular flexibility index (Phi) is 8.27. The number of nitrogens with one attached hydrogen (secondary N) is 1. The summed E-state index contributed by atoms with van der Waals surface area (Å²) < 4.78 is 30.1. The maximum Gasteiger partial charge on any atom is 0.321 e. The molecular weight excluding hydrogens is 624 g/mol. The molecule has 1 heterocycles. The van der Waals surface area contributed by atoms with E-state index < -0.39 is 51.0 Å². The van der Waals surface area contributed by atoms with Crippen molar-refractivity contribution in [3.63, 3.8) is 0 Å². The first-order chi connectivity index (χ1) is 17.1. The van der Waals surface area contributed by atoms with Crippen LogP contribution in [0, 0.1) is 34.8 Å². The number of alkyl halides is 1. The van der Waals surface area contributed by atoms with Crippen molar-refractivity contribution in [3.05, 3.63) is 81.4 Å². The van der Waals surface area contributed by atoms with Crippen LogP contribution >= 0.6 is 45.8 Å². The van der Waals surface area contributed by atoms with Gasteiger partial charge in [0.05, 0.1) is 11.1 Å². The fourth-order valence-corrected chi connectivity index (χ4v) is 7.22. The minimum Gasteiger partial charge on any atom is -0.480 e. The second kappa shape index (κ2) is 10.9. The zero-order chi connectivity index (χ0) is 26.2. The first kappa shape index (κ1) is 27.3. The van der Waals surface area contributed by atoms with Crippen molar-refractivity contribution in [2.24, 2.45) is 11.8 Å². The number of allylic oxidation sites excluding steroid dienone is 2. The van der Waals surface area contributed by atoms with Gasteiger partial charge in [0.1, 0.15) is 27.2 Å². The van der Waals surface area contributed by atoms with Crippen molar-refractivity contribution in [1.82, 2.24) is 5.32 Å². The van der Waals surface area contributed by atoms with Crippen LogP contribution in [0.2, 0.25) is 10.0 Å². The molecule has 10 heteroatoms. The molecule has 5 nitrogen and oxygen atoms in total. The van der Waals surface area contributed by atoms with E-state index in [2.05, 4.69) is 11.4 Å². The molecule has 36 heavy (non-hydrogen) atoms. The summed E-state index contributed by atoms with van der Waals surface area (Å²) in [5.74, 6) is -5.17. The van der Waals surface area contributed by atoms with E-state index >= 15 is 8.78 Å². The second-order valence-electron chi connectivity index (χ2n) is 9.18. The Morgan fingerprint density at radius 2 is 2.00 bits per heavy atom. The van der Waals surface area contributed by atoms with Gasteiger partial charge < -0.3 is 10.2 Å². The number of aliphatic hydroxyl groups excluding tert-OH is 1. The summed E-state index contributed by atoms with van der Waals surface area (Å²) in [4.78, 5) is 12.6. The van der Waals surface area contributed by atoms with Crippen LogP contribution in [0.25, 0.3) is 0 Å². The van der Waals surface area contributed by atoms with Crippen molar-refractivity contribution < 1.29 is 23.8 Å². The molecule has 7 atom stereocenters. The number of carboxylic acid groups (broad SMARTS) is 1. The highest BCUT2D eigenvalue weighted by atomic mass is 127. The highest BCUT2D eigenvalue weighted by molar-refractivity contribution is 14.1. The molecule has 0 spiro atoms. The Labute approximate surface area is 231 Å². The molecule has 190 valence electrons. The maximum absolute atomic E-state index is 15.6. The van der Waals surface area contributed by atoms with E-state index in [9.17, 15) is 20.3 Å². The van der Waals surface area contributed by atoms with E-state index in [0.717, 1.165) is 12.5 Å². The van der Waals surface area contributed by atoms with E-state index in [-0.39, 0.29) is 27.1 Å². The van der Waals surface area contributed by atoms with Crippen LogP contribution in [0.1, 0.15) is 36.3 Å². The first-order valence-corrected chi connectivity index (χ1v) is 13.4.